The number of aromatic nitrogens is 3. The number of nitrogens with one attached hydrogen (secondary N) is 1. The number of hydrogen-bond donors (Lipinski definition) is 1. The average Bonchev–Trinajstić information content (AvgIpc) is 3.26. The van der Waals surface area contributed by atoms with E-state index in [1.807, 2.05) is 31.2 Å². The zero-order valence-electron chi connectivity index (χ0n) is 15.5. The third-order valence-corrected chi connectivity index (χ3v) is 4.79. The van der Waals surface area contributed by atoms with Gasteiger partial charge in [-0.2, -0.15) is 5.10 Å². The molecule has 1 aromatic heterocycles. The predicted molar refractivity (Wildman–Crippen MR) is 106 cm³/mol. The van der Waals surface area contributed by atoms with Crippen LogP contribution >= 0.6 is 11.6 Å². The summed E-state index contributed by atoms with van der Waals surface area (Å²) in [6.45, 7) is 1.85. The fourth-order valence-electron chi connectivity index (χ4n) is 2.67. The molecule has 28 heavy (non-hydrogen) atoms. The highest BCUT2D eigenvalue weighted by Gasteiger charge is 2.18. The van der Waals surface area contributed by atoms with Gasteiger partial charge in [-0.25, -0.2) is 9.67 Å². The molecular weight excluding hydrogens is 378 g/mol. The Balaban J connectivity index is 1.57. The van der Waals surface area contributed by atoms with Crippen molar-refractivity contribution in [3.8, 4) is 5.69 Å². The van der Waals surface area contributed by atoms with Crippen LogP contribution < -0.4 is 5.32 Å². The first-order valence-corrected chi connectivity index (χ1v) is 9.08. The van der Waals surface area contributed by atoms with Crippen LogP contribution in [0.2, 0.25) is 5.02 Å². The predicted octanol–water partition coefficient (Wildman–Crippen LogP) is 2.87. The van der Waals surface area contributed by atoms with E-state index in [1.54, 1.807) is 47.2 Å². The summed E-state index contributed by atoms with van der Waals surface area (Å²) in [5, 5.41) is 7.28. The molecule has 2 aromatic carbocycles. The van der Waals surface area contributed by atoms with Crippen LogP contribution in [0.5, 0.6) is 0 Å². The first-order valence-electron chi connectivity index (χ1n) is 8.70. The molecule has 0 saturated heterocycles. The van der Waals surface area contributed by atoms with E-state index in [9.17, 15) is 9.59 Å². The van der Waals surface area contributed by atoms with Crippen molar-refractivity contribution in [1.82, 2.24) is 25.0 Å². The van der Waals surface area contributed by atoms with Gasteiger partial charge in [-0.3, -0.25) is 9.59 Å². The van der Waals surface area contributed by atoms with E-state index in [0.717, 1.165) is 11.3 Å². The fourth-order valence-corrected chi connectivity index (χ4v) is 2.80. The molecule has 1 atom stereocenters. The quantitative estimate of drug-likeness (QED) is 0.693. The van der Waals surface area contributed by atoms with Gasteiger partial charge >= 0.3 is 0 Å². The van der Waals surface area contributed by atoms with Crippen molar-refractivity contribution in [2.75, 3.05) is 13.6 Å². The summed E-state index contributed by atoms with van der Waals surface area (Å²) in [7, 11) is 1.72. The van der Waals surface area contributed by atoms with Gasteiger partial charge in [0, 0.05) is 17.6 Å². The molecule has 1 N–H and O–H groups in total. The molecule has 0 unspecified atom stereocenters. The van der Waals surface area contributed by atoms with Crippen molar-refractivity contribution in [2.45, 2.75) is 13.0 Å². The van der Waals surface area contributed by atoms with Crippen molar-refractivity contribution in [3.05, 3.63) is 77.3 Å². The third-order valence-electron chi connectivity index (χ3n) is 4.54. The Hall–Kier alpha value is -3.19. The summed E-state index contributed by atoms with van der Waals surface area (Å²) in [6, 6.07) is 14.1. The molecule has 0 saturated carbocycles. The van der Waals surface area contributed by atoms with Gasteiger partial charge < -0.3 is 10.2 Å². The molecule has 2 amide bonds. The number of benzene rings is 2. The van der Waals surface area contributed by atoms with Crippen LogP contribution in [0.1, 0.15) is 28.9 Å². The number of carbonyl (C=O) groups excluding carboxylic acids is 2. The second-order valence-corrected chi connectivity index (χ2v) is 6.74. The van der Waals surface area contributed by atoms with Crippen LogP contribution in [0.3, 0.4) is 0 Å². The third kappa shape index (κ3) is 4.55. The number of likely N-dealkylation sites (N-methyl/N-ethyl adjacent to an activating group) is 1. The lowest BCUT2D eigenvalue weighted by Gasteiger charge is -2.25. The van der Waals surface area contributed by atoms with Crippen LogP contribution in [0.15, 0.2) is 61.2 Å². The molecule has 3 rings (SSSR count). The van der Waals surface area contributed by atoms with Gasteiger partial charge in [-0.05, 0) is 48.9 Å². The Labute approximate surface area is 167 Å². The van der Waals surface area contributed by atoms with Gasteiger partial charge in [0.1, 0.15) is 12.7 Å². The van der Waals surface area contributed by atoms with E-state index in [2.05, 4.69) is 15.4 Å². The number of rotatable bonds is 6. The number of nitrogens with zero attached hydrogens (tertiary/aromatic N) is 4. The first-order chi connectivity index (χ1) is 13.5. The van der Waals surface area contributed by atoms with Crippen molar-refractivity contribution < 1.29 is 9.59 Å². The van der Waals surface area contributed by atoms with Gasteiger partial charge in [0.2, 0.25) is 5.91 Å². The summed E-state index contributed by atoms with van der Waals surface area (Å²) in [5.41, 5.74) is 2.32. The van der Waals surface area contributed by atoms with E-state index in [4.69, 9.17) is 11.6 Å². The van der Waals surface area contributed by atoms with Crippen LogP contribution in [0.25, 0.3) is 5.69 Å². The van der Waals surface area contributed by atoms with Gasteiger partial charge in [0.15, 0.2) is 0 Å². The summed E-state index contributed by atoms with van der Waals surface area (Å²) in [5.74, 6) is -0.501. The summed E-state index contributed by atoms with van der Waals surface area (Å²) in [6.07, 6.45) is 3.10. The van der Waals surface area contributed by atoms with Crippen molar-refractivity contribution >= 4 is 23.4 Å². The fraction of sp³-hybridized carbons (Fsp3) is 0.200. The van der Waals surface area contributed by atoms with E-state index >= 15 is 0 Å². The molecule has 0 spiro atoms. The van der Waals surface area contributed by atoms with Crippen LogP contribution in [0.4, 0.5) is 0 Å². The molecule has 0 aliphatic carbocycles. The average molecular weight is 398 g/mol. The van der Waals surface area contributed by atoms with Gasteiger partial charge in [0.25, 0.3) is 5.91 Å². The number of carbonyl (C=O) groups is 2. The Kier molecular flexibility index (Phi) is 6.06. The largest absolute Gasteiger partial charge is 0.343 e. The van der Waals surface area contributed by atoms with E-state index in [1.165, 1.54) is 6.33 Å². The number of halogens is 1. The minimum atomic E-state index is -0.316. The van der Waals surface area contributed by atoms with Crippen LogP contribution in [-0.4, -0.2) is 45.1 Å². The Morgan fingerprint density at radius 1 is 1.14 bits per heavy atom. The molecule has 7 nitrogen and oxygen atoms in total. The summed E-state index contributed by atoms with van der Waals surface area (Å²) >= 11 is 5.82. The van der Waals surface area contributed by atoms with E-state index in [-0.39, 0.29) is 24.4 Å². The highest BCUT2D eigenvalue weighted by Crippen LogP contribution is 2.20. The Morgan fingerprint density at radius 3 is 2.43 bits per heavy atom. The van der Waals surface area contributed by atoms with Crippen molar-refractivity contribution in [1.29, 1.82) is 0 Å². The molecule has 0 fully saturated rings. The van der Waals surface area contributed by atoms with Crippen molar-refractivity contribution in [3.63, 3.8) is 0 Å². The number of amides is 2. The normalized spacial score (nSPS) is 11.7. The maximum Gasteiger partial charge on any atom is 0.251 e. The second kappa shape index (κ2) is 8.67. The molecule has 0 aliphatic heterocycles. The van der Waals surface area contributed by atoms with Gasteiger partial charge in [-0.1, -0.05) is 23.7 Å². The topological polar surface area (TPSA) is 80.1 Å². The van der Waals surface area contributed by atoms with Crippen LogP contribution in [0, 0.1) is 0 Å². The molecule has 144 valence electrons. The van der Waals surface area contributed by atoms with Gasteiger partial charge in [-0.15, -0.1) is 0 Å². The van der Waals surface area contributed by atoms with E-state index in [0.29, 0.717) is 10.6 Å². The highest BCUT2D eigenvalue weighted by molar-refractivity contribution is 6.30. The smallest absolute Gasteiger partial charge is 0.251 e. The second-order valence-electron chi connectivity index (χ2n) is 6.30. The van der Waals surface area contributed by atoms with E-state index < -0.39 is 0 Å². The monoisotopic (exact) mass is 397 g/mol. The first kappa shape index (κ1) is 19.6. The zero-order valence-corrected chi connectivity index (χ0v) is 16.3. The Morgan fingerprint density at radius 2 is 1.82 bits per heavy atom. The Bertz CT molecular complexity index is 940. The highest BCUT2D eigenvalue weighted by atomic mass is 35.5. The number of hydrogen-bond acceptors (Lipinski definition) is 4. The lowest BCUT2D eigenvalue weighted by molar-refractivity contribution is -0.130. The maximum absolute atomic E-state index is 12.5. The molecule has 1 heterocycles. The standard InChI is InChI=1S/C20H20ClN5O2/c1-14(15-5-9-18(10-6-15)26-13-22-12-24-26)25(2)19(27)11-23-20(28)16-3-7-17(21)8-4-16/h3-10,12-14H,11H2,1-2H3,(H,23,28)/t14-/m1/s1. The zero-order chi connectivity index (χ0) is 20.1. The van der Waals surface area contributed by atoms with Crippen LogP contribution in [-0.2, 0) is 4.79 Å². The molecule has 0 bridgehead atoms. The summed E-state index contributed by atoms with van der Waals surface area (Å²) in [4.78, 5) is 30.1. The minimum absolute atomic E-state index is 0.0840. The van der Waals surface area contributed by atoms with Gasteiger partial charge in [0.05, 0.1) is 18.3 Å². The molecular formula is C20H20ClN5O2. The lowest BCUT2D eigenvalue weighted by Crippen LogP contribution is -2.39. The molecule has 0 aliphatic rings. The van der Waals surface area contributed by atoms with Crippen molar-refractivity contribution in [2.24, 2.45) is 0 Å². The molecule has 8 heteroatoms. The minimum Gasteiger partial charge on any atom is -0.343 e. The summed E-state index contributed by atoms with van der Waals surface area (Å²) < 4.78 is 1.66. The molecule has 0 radical (unpaired) electrons. The SMILES string of the molecule is C[C@H](c1ccc(-n2cncn2)cc1)N(C)C(=O)CNC(=O)c1ccc(Cl)cc1. The molecule has 3 aromatic rings. The maximum atomic E-state index is 12.5. The lowest BCUT2D eigenvalue weighted by atomic mass is 10.1.